The molecule has 1 aliphatic rings. The van der Waals surface area contributed by atoms with Crippen LogP contribution in [0, 0.1) is 5.41 Å². The van der Waals surface area contributed by atoms with Crippen molar-refractivity contribution in [3.05, 3.63) is 47.3 Å². The predicted molar refractivity (Wildman–Crippen MR) is 111 cm³/mol. The standard InChI is InChI=1S/C22H28N2O2S/c1-3-7-20(25)24-13-11-22(12-14-24,21(26)23-2)16-17-8-4-5-9-18(17)19-10-6-15-27-19/h4-6,8-10,15H,3,7,11-14,16H2,1-2H3,(H,23,26). The van der Waals surface area contributed by atoms with Crippen LogP contribution in [0.15, 0.2) is 41.8 Å². The van der Waals surface area contributed by atoms with E-state index in [-0.39, 0.29) is 11.8 Å². The van der Waals surface area contributed by atoms with Crippen LogP contribution in [0.5, 0.6) is 0 Å². The Morgan fingerprint density at radius 1 is 1.15 bits per heavy atom. The molecule has 144 valence electrons. The van der Waals surface area contributed by atoms with Gasteiger partial charge in [0.15, 0.2) is 0 Å². The second-order valence-electron chi connectivity index (χ2n) is 7.30. The first-order valence-electron chi connectivity index (χ1n) is 9.71. The van der Waals surface area contributed by atoms with E-state index in [9.17, 15) is 9.59 Å². The zero-order chi connectivity index (χ0) is 19.3. The summed E-state index contributed by atoms with van der Waals surface area (Å²) in [6.45, 7) is 3.35. The van der Waals surface area contributed by atoms with Crippen molar-refractivity contribution in [2.75, 3.05) is 20.1 Å². The largest absolute Gasteiger partial charge is 0.359 e. The molecule has 1 saturated heterocycles. The first kappa shape index (κ1) is 19.6. The SMILES string of the molecule is CCCC(=O)N1CCC(Cc2ccccc2-c2cccs2)(C(=O)NC)CC1. The Balaban J connectivity index is 1.84. The maximum Gasteiger partial charge on any atom is 0.226 e. The monoisotopic (exact) mass is 384 g/mol. The van der Waals surface area contributed by atoms with E-state index in [4.69, 9.17) is 0 Å². The molecule has 27 heavy (non-hydrogen) atoms. The molecule has 2 aromatic rings. The highest BCUT2D eigenvalue weighted by Crippen LogP contribution is 2.39. The van der Waals surface area contributed by atoms with E-state index in [1.54, 1.807) is 18.4 Å². The van der Waals surface area contributed by atoms with Crippen molar-refractivity contribution in [3.8, 4) is 10.4 Å². The van der Waals surface area contributed by atoms with Gasteiger partial charge in [-0.2, -0.15) is 0 Å². The molecule has 0 radical (unpaired) electrons. The topological polar surface area (TPSA) is 49.4 Å². The van der Waals surface area contributed by atoms with Crippen molar-refractivity contribution in [1.82, 2.24) is 10.2 Å². The summed E-state index contributed by atoms with van der Waals surface area (Å²) in [5.41, 5.74) is 1.96. The van der Waals surface area contributed by atoms with Crippen molar-refractivity contribution >= 4 is 23.2 Å². The quantitative estimate of drug-likeness (QED) is 0.815. The number of hydrogen-bond acceptors (Lipinski definition) is 3. The van der Waals surface area contributed by atoms with Gasteiger partial charge in [-0.05, 0) is 48.3 Å². The minimum atomic E-state index is -0.453. The highest BCUT2D eigenvalue weighted by molar-refractivity contribution is 7.13. The van der Waals surface area contributed by atoms with Crippen LogP contribution >= 0.6 is 11.3 Å². The molecule has 1 fully saturated rings. The third kappa shape index (κ3) is 4.24. The Morgan fingerprint density at radius 3 is 2.52 bits per heavy atom. The number of benzene rings is 1. The van der Waals surface area contributed by atoms with E-state index in [0.717, 1.165) is 6.42 Å². The number of rotatable bonds is 6. The molecule has 1 aliphatic heterocycles. The van der Waals surface area contributed by atoms with Crippen LogP contribution in [0.4, 0.5) is 0 Å². The minimum absolute atomic E-state index is 0.0890. The first-order valence-corrected chi connectivity index (χ1v) is 10.6. The van der Waals surface area contributed by atoms with E-state index >= 15 is 0 Å². The average Bonchev–Trinajstić information content (AvgIpc) is 3.23. The number of nitrogens with one attached hydrogen (secondary N) is 1. The van der Waals surface area contributed by atoms with Crippen LogP contribution in [-0.4, -0.2) is 36.9 Å². The normalized spacial score (nSPS) is 16.1. The number of carbonyl (C=O) groups excluding carboxylic acids is 2. The van der Waals surface area contributed by atoms with Gasteiger partial charge in [-0.1, -0.05) is 37.3 Å². The second-order valence-corrected chi connectivity index (χ2v) is 8.25. The smallest absolute Gasteiger partial charge is 0.226 e. The van der Waals surface area contributed by atoms with Crippen molar-refractivity contribution in [3.63, 3.8) is 0 Å². The summed E-state index contributed by atoms with van der Waals surface area (Å²) in [6.07, 6.45) is 3.58. The van der Waals surface area contributed by atoms with Crippen molar-refractivity contribution in [2.24, 2.45) is 5.41 Å². The van der Waals surface area contributed by atoms with Gasteiger partial charge in [0.05, 0.1) is 5.41 Å². The lowest BCUT2D eigenvalue weighted by molar-refractivity contribution is -0.140. The van der Waals surface area contributed by atoms with Crippen LogP contribution in [0.3, 0.4) is 0 Å². The highest BCUT2D eigenvalue weighted by atomic mass is 32.1. The minimum Gasteiger partial charge on any atom is -0.359 e. The fourth-order valence-corrected chi connectivity index (χ4v) is 4.80. The lowest BCUT2D eigenvalue weighted by Crippen LogP contribution is -2.50. The third-order valence-corrected chi connectivity index (χ3v) is 6.48. The lowest BCUT2D eigenvalue weighted by Gasteiger charge is -2.41. The van der Waals surface area contributed by atoms with Crippen LogP contribution < -0.4 is 5.32 Å². The number of amides is 2. The molecule has 0 atom stereocenters. The number of carbonyl (C=O) groups is 2. The number of likely N-dealkylation sites (tertiary alicyclic amines) is 1. The van der Waals surface area contributed by atoms with Gasteiger partial charge in [0.1, 0.15) is 0 Å². The number of hydrogen-bond donors (Lipinski definition) is 1. The van der Waals surface area contributed by atoms with Crippen LogP contribution in [-0.2, 0) is 16.0 Å². The summed E-state index contributed by atoms with van der Waals surface area (Å²) in [6, 6.07) is 12.6. The maximum absolute atomic E-state index is 12.9. The van der Waals surface area contributed by atoms with Gasteiger partial charge in [-0.25, -0.2) is 0 Å². The molecule has 1 aromatic heterocycles. The van der Waals surface area contributed by atoms with E-state index in [0.29, 0.717) is 38.8 Å². The van der Waals surface area contributed by atoms with Gasteiger partial charge < -0.3 is 10.2 Å². The Morgan fingerprint density at radius 2 is 1.89 bits per heavy atom. The molecule has 1 N–H and O–H groups in total. The summed E-state index contributed by atoms with van der Waals surface area (Å²) in [5.74, 6) is 0.299. The predicted octanol–water partition coefficient (Wildman–Crippen LogP) is 4.11. The molecule has 0 bridgehead atoms. The summed E-state index contributed by atoms with van der Waals surface area (Å²) >= 11 is 1.72. The van der Waals surface area contributed by atoms with E-state index < -0.39 is 5.41 Å². The van der Waals surface area contributed by atoms with Gasteiger partial charge >= 0.3 is 0 Å². The lowest BCUT2D eigenvalue weighted by atomic mass is 9.72. The highest BCUT2D eigenvalue weighted by Gasteiger charge is 2.42. The average molecular weight is 385 g/mol. The van der Waals surface area contributed by atoms with Gasteiger partial charge in [-0.3, -0.25) is 9.59 Å². The van der Waals surface area contributed by atoms with E-state index in [1.807, 2.05) is 17.9 Å². The molecule has 3 rings (SSSR count). The number of piperidine rings is 1. The Labute approximate surface area is 165 Å². The molecular weight excluding hydrogens is 356 g/mol. The maximum atomic E-state index is 12.9. The molecule has 0 spiro atoms. The zero-order valence-electron chi connectivity index (χ0n) is 16.2. The number of nitrogens with zero attached hydrogens (tertiary/aromatic N) is 1. The Bertz CT molecular complexity index is 777. The zero-order valence-corrected chi connectivity index (χ0v) is 17.0. The van der Waals surface area contributed by atoms with Gasteiger partial charge in [0, 0.05) is 31.4 Å². The van der Waals surface area contributed by atoms with Crippen LogP contribution in [0.1, 0.15) is 38.2 Å². The summed E-state index contributed by atoms with van der Waals surface area (Å²) in [4.78, 5) is 28.3. The van der Waals surface area contributed by atoms with Crippen molar-refractivity contribution in [1.29, 1.82) is 0 Å². The third-order valence-electron chi connectivity index (χ3n) is 5.58. The van der Waals surface area contributed by atoms with E-state index in [1.165, 1.54) is 16.0 Å². The van der Waals surface area contributed by atoms with Crippen LogP contribution in [0.25, 0.3) is 10.4 Å². The van der Waals surface area contributed by atoms with Crippen molar-refractivity contribution < 1.29 is 9.59 Å². The Kier molecular flexibility index (Phi) is 6.32. The summed E-state index contributed by atoms with van der Waals surface area (Å²) in [5, 5.41) is 4.96. The van der Waals surface area contributed by atoms with Gasteiger partial charge in [0.2, 0.25) is 11.8 Å². The first-order chi connectivity index (χ1) is 13.1. The molecule has 0 unspecified atom stereocenters. The molecule has 2 amide bonds. The fourth-order valence-electron chi connectivity index (χ4n) is 4.02. The fraction of sp³-hybridized carbons (Fsp3) is 0.455. The molecule has 4 nitrogen and oxygen atoms in total. The molecule has 5 heteroatoms. The molecule has 1 aromatic carbocycles. The van der Waals surface area contributed by atoms with E-state index in [2.05, 4.69) is 41.0 Å². The molecule has 0 aliphatic carbocycles. The van der Waals surface area contributed by atoms with Crippen LogP contribution in [0.2, 0.25) is 0 Å². The Hall–Kier alpha value is -2.14. The van der Waals surface area contributed by atoms with Gasteiger partial charge in [-0.15, -0.1) is 11.3 Å². The summed E-state index contributed by atoms with van der Waals surface area (Å²) in [7, 11) is 1.71. The van der Waals surface area contributed by atoms with Crippen molar-refractivity contribution in [2.45, 2.75) is 39.0 Å². The molecule has 0 saturated carbocycles. The molecule has 2 heterocycles. The second kappa shape index (κ2) is 8.70. The van der Waals surface area contributed by atoms with Gasteiger partial charge in [0.25, 0.3) is 0 Å². The molecular formula is C22H28N2O2S. The summed E-state index contributed by atoms with van der Waals surface area (Å²) < 4.78 is 0. The number of thiophene rings is 1.